The number of aromatic nitrogens is 2. The van der Waals surface area contributed by atoms with Gasteiger partial charge in [0.25, 0.3) is 0 Å². The van der Waals surface area contributed by atoms with Crippen molar-refractivity contribution >= 4 is 29.4 Å². The maximum Gasteiger partial charge on any atom is 0.329 e. The second kappa shape index (κ2) is 11.0. The minimum absolute atomic E-state index is 0.262. The van der Waals surface area contributed by atoms with Crippen molar-refractivity contribution in [1.82, 2.24) is 19.8 Å². The number of hydrogen-bond acceptors (Lipinski definition) is 5. The lowest BCUT2D eigenvalue weighted by molar-refractivity contribution is -0.120. The van der Waals surface area contributed by atoms with E-state index in [4.69, 9.17) is 16.3 Å². The largest absolute Gasteiger partial charge is 0.486 e. The van der Waals surface area contributed by atoms with E-state index >= 15 is 0 Å². The second-order valence-corrected chi connectivity index (χ2v) is 10.8. The third kappa shape index (κ3) is 5.42. The van der Waals surface area contributed by atoms with Crippen LogP contribution in [0.3, 0.4) is 0 Å². The molecule has 0 bridgehead atoms. The average molecular weight is 574 g/mol. The summed E-state index contributed by atoms with van der Waals surface area (Å²) in [7, 11) is 1.87. The van der Waals surface area contributed by atoms with Crippen molar-refractivity contribution in [2.45, 2.75) is 39.1 Å². The SMILES string of the molecule is C[C@H](Oc1ccc(CN2Cc3ccc(-c4ncc(N5CCC(=O)NC5=O)n4C)cc3C2)cc1)c1c(F)cccc1Cl. The van der Waals surface area contributed by atoms with E-state index in [0.29, 0.717) is 28.7 Å². The zero-order valence-electron chi connectivity index (χ0n) is 22.7. The summed E-state index contributed by atoms with van der Waals surface area (Å²) in [5, 5.41) is 2.71. The number of halogens is 2. The Labute approximate surface area is 242 Å². The molecule has 1 atom stereocenters. The lowest BCUT2D eigenvalue weighted by Gasteiger charge is -2.26. The fourth-order valence-corrected chi connectivity index (χ4v) is 5.83. The molecule has 1 N–H and O–H groups in total. The number of nitrogens with zero attached hydrogens (tertiary/aromatic N) is 4. The van der Waals surface area contributed by atoms with E-state index in [2.05, 4.69) is 33.4 Å². The zero-order chi connectivity index (χ0) is 28.7. The molecular weight excluding hydrogens is 545 g/mol. The van der Waals surface area contributed by atoms with Crippen LogP contribution in [0.15, 0.2) is 66.9 Å². The van der Waals surface area contributed by atoms with Crippen LogP contribution < -0.4 is 15.0 Å². The first-order valence-electron chi connectivity index (χ1n) is 13.4. The maximum atomic E-state index is 14.3. The van der Waals surface area contributed by atoms with E-state index in [1.807, 2.05) is 35.9 Å². The van der Waals surface area contributed by atoms with Gasteiger partial charge in [-0.2, -0.15) is 0 Å². The predicted molar refractivity (Wildman–Crippen MR) is 154 cm³/mol. The van der Waals surface area contributed by atoms with Gasteiger partial charge >= 0.3 is 6.03 Å². The lowest BCUT2D eigenvalue weighted by atomic mass is 10.1. The Morgan fingerprint density at radius 2 is 1.85 bits per heavy atom. The Morgan fingerprint density at radius 3 is 2.61 bits per heavy atom. The van der Waals surface area contributed by atoms with Gasteiger partial charge in [0.15, 0.2) is 0 Å². The van der Waals surface area contributed by atoms with Gasteiger partial charge in [-0.15, -0.1) is 0 Å². The van der Waals surface area contributed by atoms with Crippen LogP contribution in [0.1, 0.15) is 41.7 Å². The molecule has 3 amide bonds. The maximum absolute atomic E-state index is 14.3. The van der Waals surface area contributed by atoms with Crippen molar-refractivity contribution in [3.63, 3.8) is 0 Å². The summed E-state index contributed by atoms with van der Waals surface area (Å²) in [5.74, 6) is 1.41. The molecule has 0 radical (unpaired) electrons. The van der Waals surface area contributed by atoms with Crippen LogP contribution in [0.25, 0.3) is 11.4 Å². The molecule has 210 valence electrons. The van der Waals surface area contributed by atoms with Gasteiger partial charge in [-0.05, 0) is 53.9 Å². The van der Waals surface area contributed by atoms with Crippen LogP contribution in [0.5, 0.6) is 5.75 Å². The molecule has 4 aromatic rings. The first-order valence-corrected chi connectivity index (χ1v) is 13.8. The molecule has 0 unspecified atom stereocenters. The number of fused-ring (bicyclic) bond motifs is 1. The standard InChI is InChI=1S/C31H29ClFN5O3/c1-19(29-25(32)4-3-5-26(29)33)41-24-10-6-20(7-11-24)16-37-17-22-9-8-21(14-23(22)18-37)30-34-15-28(36(30)2)38-13-12-27(39)35-31(38)40/h3-11,14-15,19H,12-13,16-18H2,1-2H3,(H,35,39,40)/t19-/m0/s1. The molecule has 6 rings (SSSR count). The smallest absolute Gasteiger partial charge is 0.329 e. The Bertz CT molecular complexity index is 1620. The molecular formula is C31H29ClFN5O3. The summed E-state index contributed by atoms with van der Waals surface area (Å²) in [6.07, 6.45) is 1.41. The van der Waals surface area contributed by atoms with Gasteiger partial charge in [-0.3, -0.25) is 19.9 Å². The molecule has 2 aliphatic rings. The number of imidazole rings is 1. The highest BCUT2D eigenvalue weighted by molar-refractivity contribution is 6.31. The Kier molecular flexibility index (Phi) is 7.23. The van der Waals surface area contributed by atoms with Gasteiger partial charge in [0.1, 0.15) is 29.3 Å². The number of carbonyl (C=O) groups excluding carboxylic acids is 2. The number of hydrogen-bond donors (Lipinski definition) is 1. The fraction of sp³-hybridized carbons (Fsp3) is 0.258. The molecule has 0 spiro atoms. The monoisotopic (exact) mass is 573 g/mol. The van der Waals surface area contributed by atoms with Crippen LogP contribution >= 0.6 is 11.6 Å². The first kappa shape index (κ1) is 27.0. The second-order valence-electron chi connectivity index (χ2n) is 10.4. The van der Waals surface area contributed by atoms with Crippen molar-refractivity contribution in [1.29, 1.82) is 0 Å². The number of benzene rings is 3. The van der Waals surface area contributed by atoms with Crippen molar-refractivity contribution in [3.05, 3.63) is 100.0 Å². The topological polar surface area (TPSA) is 79.7 Å². The van der Waals surface area contributed by atoms with Crippen LogP contribution in [0.2, 0.25) is 5.02 Å². The van der Waals surface area contributed by atoms with E-state index in [9.17, 15) is 14.0 Å². The highest BCUT2D eigenvalue weighted by Crippen LogP contribution is 2.32. The number of imide groups is 1. The van der Waals surface area contributed by atoms with E-state index in [1.54, 1.807) is 30.2 Å². The normalized spacial score (nSPS) is 16.0. The minimum atomic E-state index is -0.521. The zero-order valence-corrected chi connectivity index (χ0v) is 23.5. The van der Waals surface area contributed by atoms with Crippen molar-refractivity contribution in [2.24, 2.45) is 7.05 Å². The van der Waals surface area contributed by atoms with E-state index in [1.165, 1.54) is 17.2 Å². The molecule has 1 aromatic heterocycles. The highest BCUT2D eigenvalue weighted by Gasteiger charge is 2.28. The van der Waals surface area contributed by atoms with Crippen molar-refractivity contribution in [2.75, 3.05) is 11.4 Å². The summed E-state index contributed by atoms with van der Waals surface area (Å²) in [4.78, 5) is 32.3. The third-order valence-corrected chi connectivity index (χ3v) is 7.92. The highest BCUT2D eigenvalue weighted by atomic mass is 35.5. The van der Waals surface area contributed by atoms with Crippen molar-refractivity contribution < 1.29 is 18.7 Å². The Hall–Kier alpha value is -4.21. The molecule has 0 saturated carbocycles. The molecule has 1 saturated heterocycles. The summed E-state index contributed by atoms with van der Waals surface area (Å²) < 4.78 is 22.1. The Morgan fingerprint density at radius 1 is 1.07 bits per heavy atom. The Balaban J connectivity index is 1.10. The van der Waals surface area contributed by atoms with Gasteiger partial charge in [0, 0.05) is 50.8 Å². The molecule has 1 fully saturated rings. The predicted octanol–water partition coefficient (Wildman–Crippen LogP) is 5.98. The number of anilines is 1. The number of amides is 3. The van der Waals surface area contributed by atoms with Gasteiger partial charge < -0.3 is 9.30 Å². The molecule has 8 nitrogen and oxygen atoms in total. The van der Waals surface area contributed by atoms with Gasteiger partial charge in [0.2, 0.25) is 5.91 Å². The third-order valence-electron chi connectivity index (χ3n) is 7.60. The van der Waals surface area contributed by atoms with Gasteiger partial charge in [-0.25, -0.2) is 14.2 Å². The van der Waals surface area contributed by atoms with Gasteiger partial charge in [0.05, 0.1) is 11.2 Å². The molecule has 3 aromatic carbocycles. The van der Waals surface area contributed by atoms with Gasteiger partial charge in [-0.1, -0.05) is 41.9 Å². The van der Waals surface area contributed by atoms with Crippen LogP contribution in [-0.4, -0.2) is 32.9 Å². The number of carbonyl (C=O) groups is 2. The molecule has 0 aliphatic carbocycles. The summed E-state index contributed by atoms with van der Waals surface area (Å²) >= 11 is 6.19. The van der Waals surface area contributed by atoms with E-state index < -0.39 is 12.1 Å². The molecule has 2 aliphatic heterocycles. The summed E-state index contributed by atoms with van der Waals surface area (Å²) in [6.45, 7) is 4.53. The molecule has 41 heavy (non-hydrogen) atoms. The minimum Gasteiger partial charge on any atom is -0.486 e. The van der Waals surface area contributed by atoms with Crippen molar-refractivity contribution in [3.8, 4) is 17.1 Å². The summed E-state index contributed by atoms with van der Waals surface area (Å²) in [5.41, 5.74) is 4.98. The number of nitrogens with one attached hydrogen (secondary N) is 1. The lowest BCUT2D eigenvalue weighted by Crippen LogP contribution is -2.50. The first-order chi connectivity index (χ1) is 19.8. The quantitative estimate of drug-likeness (QED) is 0.294. The van der Waals surface area contributed by atoms with E-state index in [-0.39, 0.29) is 18.1 Å². The number of rotatable bonds is 7. The van der Waals surface area contributed by atoms with Crippen LogP contribution in [0, 0.1) is 5.82 Å². The molecule has 3 heterocycles. The summed E-state index contributed by atoms with van der Waals surface area (Å²) in [6, 6.07) is 18.4. The number of urea groups is 1. The number of ether oxygens (including phenoxy) is 1. The molecule has 10 heteroatoms. The van der Waals surface area contributed by atoms with E-state index in [0.717, 1.165) is 36.6 Å². The van der Waals surface area contributed by atoms with Crippen LogP contribution in [0.4, 0.5) is 15.0 Å². The fourth-order valence-electron chi connectivity index (χ4n) is 5.51. The van der Waals surface area contributed by atoms with Crippen LogP contribution in [-0.2, 0) is 31.5 Å². The average Bonchev–Trinajstić information content (AvgIpc) is 3.52.